The summed E-state index contributed by atoms with van der Waals surface area (Å²) in [5.74, 6) is -1.33. The van der Waals surface area contributed by atoms with Crippen molar-refractivity contribution in [1.29, 1.82) is 0 Å². The average molecular weight is 954 g/mol. The molecule has 0 aliphatic carbocycles. The normalized spacial score (nSPS) is 10.1. The van der Waals surface area contributed by atoms with Gasteiger partial charge in [-0.15, -0.1) is 0 Å². The molecule has 70 heavy (non-hydrogen) atoms. The van der Waals surface area contributed by atoms with E-state index >= 15 is 0 Å². The quantitative estimate of drug-likeness (QED) is 0.104. The van der Waals surface area contributed by atoms with Gasteiger partial charge in [-0.1, -0.05) is 145 Å². The van der Waals surface area contributed by atoms with E-state index in [0.29, 0.717) is 23.2 Å². The highest BCUT2D eigenvalue weighted by Crippen LogP contribution is 2.16. The number of anilines is 1. The van der Waals surface area contributed by atoms with E-state index in [1.807, 2.05) is 80.6 Å². The van der Waals surface area contributed by atoms with Crippen LogP contribution in [0.5, 0.6) is 17.2 Å². The molecule has 0 unspecified atom stereocenters. The molecule has 8 rings (SSSR count). The second-order valence-corrected chi connectivity index (χ2v) is 16.6. The molecule has 13 heteroatoms. The van der Waals surface area contributed by atoms with Gasteiger partial charge in [-0.2, -0.15) is 8.42 Å². The Hall–Kier alpha value is -9.07. The summed E-state index contributed by atoms with van der Waals surface area (Å²) in [5, 5.41) is 11.9. The van der Waals surface area contributed by atoms with E-state index in [-0.39, 0.29) is 38.9 Å². The van der Waals surface area contributed by atoms with Gasteiger partial charge in [-0.05, 0) is 110 Å². The number of aromatic hydroxyl groups is 1. The molecule has 0 bridgehead atoms. The molecule has 0 fully saturated rings. The van der Waals surface area contributed by atoms with Crippen molar-refractivity contribution < 1.29 is 32.0 Å². The minimum Gasteiger partial charge on any atom is -0.504 e. The molecule has 8 aromatic carbocycles. The summed E-state index contributed by atoms with van der Waals surface area (Å²) in [6.45, 7) is 3.78. The Morgan fingerprint density at radius 1 is 0.471 bits per heavy atom. The number of aryl methyl sites for hydroxylation is 2. The van der Waals surface area contributed by atoms with Gasteiger partial charge in [0, 0.05) is 23.2 Å². The van der Waals surface area contributed by atoms with Crippen LogP contribution in [-0.4, -0.2) is 25.4 Å². The second-order valence-electron chi connectivity index (χ2n) is 15.0. The van der Waals surface area contributed by atoms with Crippen molar-refractivity contribution in [3.05, 3.63) is 299 Å². The lowest BCUT2D eigenvalue weighted by Gasteiger charge is -2.05. The van der Waals surface area contributed by atoms with Gasteiger partial charge in [0.25, 0.3) is 5.91 Å². The molecule has 0 spiro atoms. The number of rotatable bonds is 9. The molecule has 352 valence electrons. The molecule has 0 aliphatic rings. The second kappa shape index (κ2) is 26.3. The van der Waals surface area contributed by atoms with Gasteiger partial charge in [0.1, 0.15) is 4.90 Å². The Morgan fingerprint density at radius 2 is 0.943 bits per heavy atom. The lowest BCUT2D eigenvalue weighted by atomic mass is 10.1. The summed E-state index contributed by atoms with van der Waals surface area (Å²) in [5.41, 5.74) is 4.20. The summed E-state index contributed by atoms with van der Waals surface area (Å²) in [6.07, 6.45) is 0.703. The minimum atomic E-state index is -3.98. The van der Waals surface area contributed by atoms with Gasteiger partial charge in [-0.25, -0.2) is 4.79 Å². The molecule has 2 N–H and O–H groups in total. The molecule has 0 saturated carbocycles. The first-order valence-electron chi connectivity index (χ1n) is 21.5. The van der Waals surface area contributed by atoms with Crippen LogP contribution in [0.2, 0.25) is 0 Å². The number of esters is 1. The Labute approximate surface area is 404 Å². The Morgan fingerprint density at radius 3 is 1.54 bits per heavy atom. The van der Waals surface area contributed by atoms with Crippen LogP contribution in [0, 0.1) is 13.8 Å². The van der Waals surface area contributed by atoms with Gasteiger partial charge in [0.15, 0.2) is 22.7 Å². The van der Waals surface area contributed by atoms with Crippen molar-refractivity contribution in [3.8, 4) is 17.2 Å². The fourth-order valence-electron chi connectivity index (χ4n) is 5.86. The smallest absolute Gasteiger partial charge is 0.343 e. The number of hydrogen-bond acceptors (Lipinski definition) is 11. The van der Waals surface area contributed by atoms with E-state index in [4.69, 9.17) is 8.92 Å². The van der Waals surface area contributed by atoms with E-state index in [1.54, 1.807) is 91.0 Å². The van der Waals surface area contributed by atoms with Crippen molar-refractivity contribution >= 4 is 27.7 Å². The van der Waals surface area contributed by atoms with Crippen molar-refractivity contribution in [3.63, 3.8) is 0 Å². The van der Waals surface area contributed by atoms with Gasteiger partial charge in [0.2, 0.25) is 16.3 Å². The third kappa shape index (κ3) is 17.0. The first-order valence-corrected chi connectivity index (χ1v) is 22.9. The molecule has 0 radical (unpaired) electrons. The SMILES string of the molecule is Cc1ccc(C(=O)Oc2cccccc2=O)cc1.Cc1ccc(S(=O)(=O)Oc2cccccc2=O)cc1.O=C(Nc1ccc(O)c(=O)cc1)c1ccccc1.O=c1cccccc1Cc1ccccc1. The van der Waals surface area contributed by atoms with Crippen molar-refractivity contribution in [2.75, 3.05) is 5.32 Å². The van der Waals surface area contributed by atoms with Gasteiger partial charge in [-0.3, -0.25) is 24.0 Å². The van der Waals surface area contributed by atoms with Crippen LogP contribution in [0.15, 0.2) is 249 Å². The summed E-state index contributed by atoms with van der Waals surface area (Å²) in [7, 11) is -3.98. The predicted molar refractivity (Wildman–Crippen MR) is 271 cm³/mol. The molecule has 0 heterocycles. The van der Waals surface area contributed by atoms with Gasteiger partial charge in [0.05, 0.1) is 5.56 Å². The standard InChI is InChI=1S/C15H12O3.C14H11NO3.C14H12O4S.C14H12O/c1-11-7-9-12(10-8-11)15(17)18-14-6-4-2-3-5-13(14)16;16-12-8-6-11(7-9-13(12)17)15-14(18)10-4-2-1-3-5-10;1-11-7-9-12(10-8-11)19(16,17)18-14-6-4-2-3-5-13(14)15;15-14-10-6-2-5-9-13(14)11-12-7-3-1-4-8-12/h2-10H,1H3;1-9H,(H,15,18)(H,16,17);2-10H,1H3;1-10H,11H2. The maximum Gasteiger partial charge on any atom is 0.343 e. The van der Waals surface area contributed by atoms with Crippen LogP contribution >= 0.6 is 0 Å². The zero-order valence-electron chi connectivity index (χ0n) is 38.0. The van der Waals surface area contributed by atoms with Crippen LogP contribution in [0.25, 0.3) is 0 Å². The van der Waals surface area contributed by atoms with E-state index in [0.717, 1.165) is 16.7 Å². The zero-order chi connectivity index (χ0) is 50.3. The Kier molecular flexibility index (Phi) is 19.5. The number of nitrogens with one attached hydrogen (secondary N) is 1. The molecular weight excluding hydrogens is 907 g/mol. The third-order valence-corrected chi connectivity index (χ3v) is 10.9. The fraction of sp³-hybridized carbons (Fsp3) is 0.0526. The molecule has 0 aliphatic heterocycles. The minimum absolute atomic E-state index is 0.0176. The number of carbonyl (C=O) groups is 2. The first-order chi connectivity index (χ1) is 33.7. The molecule has 0 aromatic heterocycles. The highest BCUT2D eigenvalue weighted by molar-refractivity contribution is 7.87. The van der Waals surface area contributed by atoms with Crippen molar-refractivity contribution in [2.24, 2.45) is 0 Å². The van der Waals surface area contributed by atoms with Crippen molar-refractivity contribution in [2.45, 2.75) is 25.2 Å². The van der Waals surface area contributed by atoms with Gasteiger partial charge < -0.3 is 19.3 Å². The van der Waals surface area contributed by atoms with Crippen molar-refractivity contribution in [1.82, 2.24) is 0 Å². The molecule has 0 saturated heterocycles. The third-order valence-electron chi connectivity index (χ3n) is 9.62. The van der Waals surface area contributed by atoms with Gasteiger partial charge >= 0.3 is 16.1 Å². The molecule has 1 amide bonds. The fourth-order valence-corrected chi connectivity index (χ4v) is 6.80. The number of benzene rings is 4. The lowest BCUT2D eigenvalue weighted by Crippen LogP contribution is -2.14. The lowest BCUT2D eigenvalue weighted by molar-refractivity contribution is 0.0733. The predicted octanol–water partition coefficient (Wildman–Crippen LogP) is 9.34. The molecule has 8 aromatic rings. The van der Waals surface area contributed by atoms with Crippen LogP contribution in [0.4, 0.5) is 5.69 Å². The van der Waals surface area contributed by atoms with Crippen LogP contribution < -0.4 is 36.0 Å². The summed E-state index contributed by atoms with van der Waals surface area (Å²) in [6, 6.07) is 61.4. The van der Waals surface area contributed by atoms with E-state index in [9.17, 15) is 42.3 Å². The number of hydrogen-bond donors (Lipinski definition) is 2. The highest BCUT2D eigenvalue weighted by atomic mass is 32.2. The van der Waals surface area contributed by atoms with E-state index < -0.39 is 26.9 Å². The molecular formula is C57H47NO11S. The topological polar surface area (TPSA) is 187 Å². The Bertz CT molecular complexity index is 3380. The number of amides is 1. The monoisotopic (exact) mass is 953 g/mol. The summed E-state index contributed by atoms with van der Waals surface area (Å²) >= 11 is 0. The number of ether oxygens (including phenoxy) is 1. The van der Waals surface area contributed by atoms with Crippen LogP contribution in [0.1, 0.15) is 43.0 Å². The maximum atomic E-state index is 12.0. The number of carbonyl (C=O) groups excluding carboxylic acids is 2. The van der Waals surface area contributed by atoms with Crippen LogP contribution in [0.3, 0.4) is 0 Å². The zero-order valence-corrected chi connectivity index (χ0v) is 38.8. The summed E-state index contributed by atoms with van der Waals surface area (Å²) < 4.78 is 34.0. The average Bonchev–Trinajstić information content (AvgIpc) is 3.85. The van der Waals surface area contributed by atoms with Crippen LogP contribution in [-0.2, 0) is 16.5 Å². The Balaban J connectivity index is 0.000000174. The maximum absolute atomic E-state index is 12.0. The molecule has 12 nitrogen and oxygen atoms in total. The summed E-state index contributed by atoms with van der Waals surface area (Å²) in [4.78, 5) is 69.6. The highest BCUT2D eigenvalue weighted by Gasteiger charge is 2.17. The largest absolute Gasteiger partial charge is 0.504 e. The van der Waals surface area contributed by atoms with E-state index in [1.165, 1.54) is 72.3 Å². The molecule has 0 atom stereocenters. The first kappa shape index (κ1) is 51.9. The van der Waals surface area contributed by atoms with E-state index in [2.05, 4.69) is 5.32 Å².